The molecule has 1 fully saturated rings. The van der Waals surface area contributed by atoms with E-state index in [2.05, 4.69) is 10.2 Å². The van der Waals surface area contributed by atoms with Crippen LogP contribution in [-0.2, 0) is 25.5 Å². The van der Waals surface area contributed by atoms with Crippen LogP contribution in [0.25, 0.3) is 0 Å². The predicted octanol–water partition coefficient (Wildman–Crippen LogP) is 2.25. The van der Waals surface area contributed by atoms with Crippen molar-refractivity contribution in [2.45, 2.75) is 6.42 Å². The van der Waals surface area contributed by atoms with Crippen LogP contribution < -0.4 is 10.2 Å². The molecule has 2 aromatic carbocycles. The van der Waals surface area contributed by atoms with Gasteiger partial charge in [0.25, 0.3) is 5.91 Å². The molecule has 0 unspecified atom stereocenters. The van der Waals surface area contributed by atoms with Gasteiger partial charge in [-0.3, -0.25) is 9.59 Å². The van der Waals surface area contributed by atoms with E-state index in [1.807, 2.05) is 54.6 Å². The van der Waals surface area contributed by atoms with Crippen LogP contribution in [-0.4, -0.2) is 44.8 Å². The van der Waals surface area contributed by atoms with Crippen LogP contribution in [0.1, 0.15) is 5.56 Å². The van der Waals surface area contributed by atoms with Crippen LogP contribution in [0.2, 0.25) is 0 Å². The van der Waals surface area contributed by atoms with Crippen LogP contribution >= 0.6 is 0 Å². The molecule has 0 saturated carbocycles. The molecule has 3 rings (SSSR count). The highest BCUT2D eigenvalue weighted by atomic mass is 16.5. The number of nitrogens with one attached hydrogen (secondary N) is 1. The first-order chi connectivity index (χ1) is 12.7. The Labute approximate surface area is 152 Å². The fourth-order valence-electron chi connectivity index (χ4n) is 2.73. The monoisotopic (exact) mass is 354 g/mol. The zero-order chi connectivity index (χ0) is 18.2. The number of hydrogen-bond acceptors (Lipinski definition) is 5. The van der Waals surface area contributed by atoms with Gasteiger partial charge in [0.05, 0.1) is 19.6 Å². The average molecular weight is 354 g/mol. The van der Waals surface area contributed by atoms with Gasteiger partial charge in [-0.05, 0) is 29.8 Å². The Morgan fingerprint density at radius 3 is 2.38 bits per heavy atom. The lowest BCUT2D eigenvalue weighted by molar-refractivity contribution is -0.146. The second-order valence-corrected chi connectivity index (χ2v) is 6.02. The zero-order valence-corrected chi connectivity index (χ0v) is 14.5. The van der Waals surface area contributed by atoms with E-state index in [-0.39, 0.29) is 18.9 Å². The summed E-state index contributed by atoms with van der Waals surface area (Å²) in [7, 11) is 0. The van der Waals surface area contributed by atoms with Crippen molar-refractivity contribution < 1.29 is 19.1 Å². The van der Waals surface area contributed by atoms with E-state index >= 15 is 0 Å². The van der Waals surface area contributed by atoms with Crippen molar-refractivity contribution in [3.05, 3.63) is 60.2 Å². The molecule has 2 aromatic rings. The van der Waals surface area contributed by atoms with Gasteiger partial charge in [-0.25, -0.2) is 0 Å². The quantitative estimate of drug-likeness (QED) is 0.806. The lowest BCUT2D eigenvalue weighted by Crippen LogP contribution is -2.36. The summed E-state index contributed by atoms with van der Waals surface area (Å²) >= 11 is 0. The molecule has 0 atom stereocenters. The zero-order valence-electron chi connectivity index (χ0n) is 14.5. The number of benzene rings is 2. The molecule has 1 N–H and O–H groups in total. The minimum Gasteiger partial charge on any atom is -0.455 e. The summed E-state index contributed by atoms with van der Waals surface area (Å²) in [5.74, 6) is -0.778. The first-order valence-electron chi connectivity index (χ1n) is 8.63. The van der Waals surface area contributed by atoms with Crippen LogP contribution in [0.4, 0.5) is 11.4 Å². The predicted molar refractivity (Wildman–Crippen MR) is 99.2 cm³/mol. The van der Waals surface area contributed by atoms with E-state index in [1.54, 1.807) is 0 Å². The maximum atomic E-state index is 11.9. The van der Waals surface area contributed by atoms with Crippen molar-refractivity contribution in [3.8, 4) is 0 Å². The molecule has 26 heavy (non-hydrogen) atoms. The Morgan fingerprint density at radius 2 is 1.69 bits per heavy atom. The standard InChI is InChI=1S/C20H22N2O4/c23-19(15-26-20(24)14-16-4-2-1-3-5-16)21-17-6-8-18(9-7-17)22-10-12-25-13-11-22/h1-9H,10-15H2,(H,21,23). The highest BCUT2D eigenvalue weighted by Crippen LogP contribution is 2.19. The summed E-state index contributed by atoms with van der Waals surface area (Å²) in [5, 5.41) is 2.73. The van der Waals surface area contributed by atoms with Crippen LogP contribution in [0.5, 0.6) is 0 Å². The van der Waals surface area contributed by atoms with Gasteiger partial charge >= 0.3 is 5.97 Å². The van der Waals surface area contributed by atoms with Gasteiger partial charge in [-0.15, -0.1) is 0 Å². The third-order valence-electron chi connectivity index (χ3n) is 4.08. The fourth-order valence-corrected chi connectivity index (χ4v) is 2.73. The molecular weight excluding hydrogens is 332 g/mol. The second-order valence-electron chi connectivity index (χ2n) is 6.02. The first-order valence-corrected chi connectivity index (χ1v) is 8.63. The number of nitrogens with zero attached hydrogens (tertiary/aromatic N) is 1. The summed E-state index contributed by atoms with van der Waals surface area (Å²) in [6.45, 7) is 2.89. The minimum atomic E-state index is -0.422. The summed E-state index contributed by atoms with van der Waals surface area (Å²) < 4.78 is 10.4. The maximum absolute atomic E-state index is 11.9. The first kappa shape index (κ1) is 17.9. The van der Waals surface area contributed by atoms with E-state index in [4.69, 9.17) is 9.47 Å². The number of amides is 1. The van der Waals surface area contributed by atoms with E-state index in [9.17, 15) is 9.59 Å². The number of hydrogen-bond donors (Lipinski definition) is 1. The molecule has 1 amide bonds. The Hall–Kier alpha value is -2.86. The lowest BCUT2D eigenvalue weighted by atomic mass is 10.2. The molecule has 0 aliphatic carbocycles. The van der Waals surface area contributed by atoms with Crippen molar-refractivity contribution in [1.29, 1.82) is 0 Å². The van der Waals surface area contributed by atoms with Gasteiger partial charge in [0.15, 0.2) is 6.61 Å². The summed E-state index contributed by atoms with van der Waals surface area (Å²) in [5.41, 5.74) is 2.63. The maximum Gasteiger partial charge on any atom is 0.310 e. The number of morpholine rings is 1. The third-order valence-corrected chi connectivity index (χ3v) is 4.08. The Bertz CT molecular complexity index is 725. The fraction of sp³-hybridized carbons (Fsp3) is 0.300. The number of ether oxygens (including phenoxy) is 2. The SMILES string of the molecule is O=C(COC(=O)Cc1ccccc1)Nc1ccc(N2CCOCC2)cc1. The van der Waals surface area contributed by atoms with Crippen molar-refractivity contribution in [1.82, 2.24) is 0 Å². The number of carbonyl (C=O) groups excluding carboxylic acids is 2. The molecule has 6 nitrogen and oxygen atoms in total. The van der Waals surface area contributed by atoms with Crippen molar-refractivity contribution >= 4 is 23.3 Å². The molecule has 0 aromatic heterocycles. The topological polar surface area (TPSA) is 67.9 Å². The molecule has 6 heteroatoms. The van der Waals surface area contributed by atoms with Crippen molar-refractivity contribution in [3.63, 3.8) is 0 Å². The van der Waals surface area contributed by atoms with E-state index in [0.29, 0.717) is 5.69 Å². The van der Waals surface area contributed by atoms with Gasteiger partial charge in [0.2, 0.25) is 0 Å². The lowest BCUT2D eigenvalue weighted by Gasteiger charge is -2.28. The van der Waals surface area contributed by atoms with Crippen molar-refractivity contribution in [2.75, 3.05) is 43.1 Å². The molecule has 0 bridgehead atoms. The Balaban J connectivity index is 1.43. The average Bonchev–Trinajstić information content (AvgIpc) is 2.68. The van der Waals surface area contributed by atoms with Crippen LogP contribution in [0.15, 0.2) is 54.6 Å². The molecule has 0 radical (unpaired) electrons. The summed E-state index contributed by atoms with van der Waals surface area (Å²) in [6.07, 6.45) is 0.155. The van der Waals surface area contributed by atoms with Crippen molar-refractivity contribution in [2.24, 2.45) is 0 Å². The Morgan fingerprint density at radius 1 is 1.00 bits per heavy atom. The largest absolute Gasteiger partial charge is 0.455 e. The molecular formula is C20H22N2O4. The second kappa shape index (κ2) is 9.01. The molecule has 0 spiro atoms. The van der Waals surface area contributed by atoms with Gasteiger partial charge in [-0.2, -0.15) is 0 Å². The van der Waals surface area contributed by atoms with Gasteiger partial charge in [0, 0.05) is 24.5 Å². The summed E-state index contributed by atoms with van der Waals surface area (Å²) in [4.78, 5) is 25.9. The number of carbonyl (C=O) groups is 2. The van der Waals surface area contributed by atoms with Gasteiger partial charge < -0.3 is 19.7 Å². The number of anilines is 2. The summed E-state index contributed by atoms with van der Waals surface area (Å²) in [6, 6.07) is 16.9. The number of esters is 1. The van der Waals surface area contributed by atoms with Gasteiger partial charge in [-0.1, -0.05) is 30.3 Å². The van der Waals surface area contributed by atoms with Gasteiger partial charge in [0.1, 0.15) is 0 Å². The van der Waals surface area contributed by atoms with Crippen LogP contribution in [0.3, 0.4) is 0 Å². The van der Waals surface area contributed by atoms with E-state index < -0.39 is 5.97 Å². The van der Waals surface area contributed by atoms with E-state index in [1.165, 1.54) is 0 Å². The smallest absolute Gasteiger partial charge is 0.310 e. The minimum absolute atomic E-state index is 0.155. The van der Waals surface area contributed by atoms with Crippen LogP contribution in [0, 0.1) is 0 Å². The molecule has 1 aliphatic heterocycles. The normalized spacial score (nSPS) is 13.9. The number of rotatable bonds is 6. The molecule has 136 valence electrons. The Kier molecular flexibility index (Phi) is 6.22. The molecule has 1 saturated heterocycles. The third kappa shape index (κ3) is 5.32. The molecule has 1 aliphatic rings. The highest BCUT2D eigenvalue weighted by molar-refractivity contribution is 5.93. The van der Waals surface area contributed by atoms with E-state index in [0.717, 1.165) is 37.6 Å². The molecule has 1 heterocycles. The highest BCUT2D eigenvalue weighted by Gasteiger charge is 2.12.